The van der Waals surface area contributed by atoms with Gasteiger partial charge in [-0.15, -0.1) is 0 Å². The van der Waals surface area contributed by atoms with Gasteiger partial charge in [-0.25, -0.2) is 0 Å². The predicted molar refractivity (Wildman–Crippen MR) is 94.6 cm³/mol. The summed E-state index contributed by atoms with van der Waals surface area (Å²) in [5.41, 5.74) is 0.500. The van der Waals surface area contributed by atoms with Gasteiger partial charge in [0.05, 0.1) is 6.04 Å². The summed E-state index contributed by atoms with van der Waals surface area (Å²) in [4.78, 5) is 28.6. The fourth-order valence-electron chi connectivity index (χ4n) is 2.89. The monoisotopic (exact) mass is 369 g/mol. The van der Waals surface area contributed by atoms with Crippen molar-refractivity contribution in [2.24, 2.45) is 0 Å². The number of carbonyl (C=O) groups excluding carboxylic acids is 2. The van der Waals surface area contributed by atoms with Crippen molar-refractivity contribution < 1.29 is 9.59 Å². The van der Waals surface area contributed by atoms with Gasteiger partial charge in [-0.1, -0.05) is 23.2 Å². The first kappa shape index (κ1) is 17.5. The van der Waals surface area contributed by atoms with Gasteiger partial charge in [0.15, 0.2) is 0 Å². The highest BCUT2D eigenvalue weighted by atomic mass is 35.5. The van der Waals surface area contributed by atoms with Crippen LogP contribution in [0.4, 0.5) is 0 Å². The van der Waals surface area contributed by atoms with E-state index in [1.54, 1.807) is 23.1 Å². The lowest BCUT2D eigenvalue weighted by Crippen LogP contribution is -2.55. The zero-order chi connectivity index (χ0) is 17.3. The highest BCUT2D eigenvalue weighted by Crippen LogP contribution is 2.21. The van der Waals surface area contributed by atoms with Crippen molar-refractivity contribution in [2.75, 3.05) is 26.2 Å². The minimum Gasteiger partial charge on any atom is -0.352 e. The number of piperazine rings is 1. The van der Waals surface area contributed by atoms with Crippen LogP contribution in [0.5, 0.6) is 0 Å². The van der Waals surface area contributed by atoms with Gasteiger partial charge in [0, 0.05) is 47.8 Å². The van der Waals surface area contributed by atoms with Crippen molar-refractivity contribution in [3.05, 3.63) is 33.8 Å². The summed E-state index contributed by atoms with van der Waals surface area (Å²) in [6, 6.07) is 5.08. The molecule has 130 valence electrons. The molecule has 5 nitrogen and oxygen atoms in total. The van der Waals surface area contributed by atoms with E-state index in [-0.39, 0.29) is 17.9 Å². The Morgan fingerprint density at radius 1 is 1.08 bits per heavy atom. The summed E-state index contributed by atoms with van der Waals surface area (Å²) < 4.78 is 0. The third-order valence-corrected chi connectivity index (χ3v) is 5.00. The second kappa shape index (κ2) is 7.30. The van der Waals surface area contributed by atoms with Gasteiger partial charge < -0.3 is 10.2 Å². The molecule has 1 saturated heterocycles. The van der Waals surface area contributed by atoms with E-state index in [1.165, 1.54) is 0 Å². The average Bonchev–Trinajstić information content (AvgIpc) is 3.36. The highest BCUT2D eigenvalue weighted by molar-refractivity contribution is 6.35. The van der Waals surface area contributed by atoms with Crippen LogP contribution >= 0.6 is 23.2 Å². The maximum atomic E-state index is 12.6. The lowest BCUT2D eigenvalue weighted by Gasteiger charge is -2.37. The zero-order valence-corrected chi connectivity index (χ0v) is 15.1. The number of rotatable bonds is 4. The molecule has 1 unspecified atom stereocenters. The first-order valence-electron chi connectivity index (χ1n) is 8.24. The molecule has 0 aromatic heterocycles. The largest absolute Gasteiger partial charge is 0.352 e. The van der Waals surface area contributed by atoms with Gasteiger partial charge >= 0.3 is 0 Å². The van der Waals surface area contributed by atoms with Crippen LogP contribution in [0.1, 0.15) is 30.1 Å². The molecular weight excluding hydrogens is 349 g/mol. The van der Waals surface area contributed by atoms with Gasteiger partial charge in [-0.3, -0.25) is 14.5 Å². The second-order valence-corrected chi connectivity index (χ2v) is 7.32. The molecule has 1 aliphatic heterocycles. The molecule has 0 spiro atoms. The summed E-state index contributed by atoms with van der Waals surface area (Å²) in [5.74, 6) is 0.00744. The number of nitrogens with one attached hydrogen (secondary N) is 1. The van der Waals surface area contributed by atoms with Gasteiger partial charge in [-0.2, -0.15) is 0 Å². The molecule has 1 aromatic rings. The van der Waals surface area contributed by atoms with Crippen LogP contribution in [0, 0.1) is 0 Å². The topological polar surface area (TPSA) is 52.7 Å². The van der Waals surface area contributed by atoms with Gasteiger partial charge in [-0.05, 0) is 38.0 Å². The number of amides is 2. The molecule has 0 bridgehead atoms. The van der Waals surface area contributed by atoms with Crippen molar-refractivity contribution >= 4 is 35.0 Å². The molecular formula is C17H21Cl2N3O2. The van der Waals surface area contributed by atoms with Crippen LogP contribution < -0.4 is 5.32 Å². The van der Waals surface area contributed by atoms with E-state index in [1.807, 2.05) is 6.92 Å². The minimum absolute atomic E-state index is 0.0749. The SMILES string of the molecule is CC(C(=O)NC1CC1)N1CCN(C(=O)c2cc(Cl)cc(Cl)c2)CC1. The zero-order valence-electron chi connectivity index (χ0n) is 13.6. The lowest BCUT2D eigenvalue weighted by molar-refractivity contribution is -0.126. The number of carbonyl (C=O) groups is 2. The molecule has 2 fully saturated rings. The van der Waals surface area contributed by atoms with Crippen LogP contribution in [0.25, 0.3) is 0 Å². The summed E-state index contributed by atoms with van der Waals surface area (Å²) in [6.07, 6.45) is 2.17. The highest BCUT2D eigenvalue weighted by Gasteiger charge is 2.31. The van der Waals surface area contributed by atoms with Crippen LogP contribution in [-0.2, 0) is 4.79 Å². The van der Waals surface area contributed by atoms with E-state index >= 15 is 0 Å². The quantitative estimate of drug-likeness (QED) is 0.886. The number of hydrogen-bond donors (Lipinski definition) is 1. The van der Waals surface area contributed by atoms with Crippen molar-refractivity contribution in [3.63, 3.8) is 0 Å². The first-order chi connectivity index (χ1) is 11.4. The van der Waals surface area contributed by atoms with E-state index in [0.717, 1.165) is 12.8 Å². The maximum absolute atomic E-state index is 12.6. The third kappa shape index (κ3) is 4.21. The van der Waals surface area contributed by atoms with Crippen molar-refractivity contribution in [1.82, 2.24) is 15.1 Å². The fraction of sp³-hybridized carbons (Fsp3) is 0.529. The number of nitrogens with zero attached hydrogens (tertiary/aromatic N) is 2. The normalized spacial score (nSPS) is 19.9. The van der Waals surface area contributed by atoms with E-state index in [4.69, 9.17) is 23.2 Å². The van der Waals surface area contributed by atoms with Crippen molar-refractivity contribution in [1.29, 1.82) is 0 Å². The lowest BCUT2D eigenvalue weighted by atomic mass is 10.1. The summed E-state index contributed by atoms with van der Waals surface area (Å²) >= 11 is 11.9. The summed E-state index contributed by atoms with van der Waals surface area (Å²) in [7, 11) is 0. The number of benzene rings is 1. The molecule has 1 heterocycles. The van der Waals surface area contributed by atoms with E-state index in [2.05, 4.69) is 10.2 Å². The summed E-state index contributed by atoms with van der Waals surface area (Å²) in [6.45, 7) is 4.46. The smallest absolute Gasteiger partial charge is 0.254 e. The van der Waals surface area contributed by atoms with Crippen molar-refractivity contribution in [3.8, 4) is 0 Å². The Hall–Kier alpha value is -1.30. The Balaban J connectivity index is 1.55. The first-order valence-corrected chi connectivity index (χ1v) is 8.99. The molecule has 0 radical (unpaired) electrons. The molecule has 2 amide bonds. The minimum atomic E-state index is -0.163. The number of hydrogen-bond acceptors (Lipinski definition) is 3. The molecule has 1 atom stereocenters. The predicted octanol–water partition coefficient (Wildman–Crippen LogP) is 2.42. The maximum Gasteiger partial charge on any atom is 0.254 e. The van der Waals surface area contributed by atoms with Crippen LogP contribution in [0.2, 0.25) is 10.0 Å². The van der Waals surface area contributed by atoms with Crippen LogP contribution in [-0.4, -0.2) is 59.9 Å². The second-order valence-electron chi connectivity index (χ2n) is 6.45. The third-order valence-electron chi connectivity index (χ3n) is 4.56. The Morgan fingerprint density at radius 2 is 1.67 bits per heavy atom. The molecule has 1 aromatic carbocycles. The van der Waals surface area contributed by atoms with Gasteiger partial charge in [0.1, 0.15) is 0 Å². The molecule has 1 aliphatic carbocycles. The Morgan fingerprint density at radius 3 is 2.21 bits per heavy atom. The Kier molecular flexibility index (Phi) is 5.33. The van der Waals surface area contributed by atoms with E-state index in [0.29, 0.717) is 47.8 Å². The Labute approximate surface area is 151 Å². The fourth-order valence-corrected chi connectivity index (χ4v) is 3.41. The molecule has 1 N–H and O–H groups in total. The van der Waals surface area contributed by atoms with Crippen LogP contribution in [0.15, 0.2) is 18.2 Å². The molecule has 3 rings (SSSR count). The van der Waals surface area contributed by atoms with Gasteiger partial charge in [0.2, 0.25) is 5.91 Å². The number of halogens is 2. The van der Waals surface area contributed by atoms with Crippen molar-refractivity contribution in [2.45, 2.75) is 31.8 Å². The average molecular weight is 370 g/mol. The molecule has 7 heteroatoms. The summed E-state index contributed by atoms with van der Waals surface area (Å²) in [5, 5.41) is 3.94. The van der Waals surface area contributed by atoms with E-state index in [9.17, 15) is 9.59 Å². The van der Waals surface area contributed by atoms with E-state index < -0.39 is 0 Å². The molecule has 24 heavy (non-hydrogen) atoms. The standard InChI is InChI=1S/C17H21Cl2N3O2/c1-11(16(23)20-15-2-3-15)21-4-6-22(7-5-21)17(24)12-8-13(18)10-14(19)9-12/h8-11,15H,2-7H2,1H3,(H,20,23). The van der Waals surface area contributed by atoms with Gasteiger partial charge in [0.25, 0.3) is 5.91 Å². The molecule has 2 aliphatic rings. The van der Waals surface area contributed by atoms with Crippen LogP contribution in [0.3, 0.4) is 0 Å². The molecule has 1 saturated carbocycles. The Bertz CT molecular complexity index is 620.